The molecular weight excluding hydrogens is 567 g/mol. The van der Waals surface area contributed by atoms with Crippen molar-refractivity contribution >= 4 is 23.3 Å². The summed E-state index contributed by atoms with van der Waals surface area (Å²) in [7, 11) is 0. The first-order chi connectivity index (χ1) is 22.8. The predicted molar refractivity (Wildman–Crippen MR) is 197 cm³/mol. The van der Waals surface area contributed by atoms with Crippen LogP contribution in [-0.4, -0.2) is 4.57 Å². The molecule has 47 heavy (non-hydrogen) atoms. The first-order valence-corrected chi connectivity index (χ1v) is 17.3. The summed E-state index contributed by atoms with van der Waals surface area (Å²) in [4.78, 5) is 0. The van der Waals surface area contributed by atoms with Gasteiger partial charge in [-0.1, -0.05) is 108 Å². The fourth-order valence-corrected chi connectivity index (χ4v) is 9.87. The van der Waals surface area contributed by atoms with E-state index in [1.807, 2.05) is 0 Å². The van der Waals surface area contributed by atoms with E-state index in [2.05, 4.69) is 150 Å². The maximum absolute atomic E-state index is 2.67. The SMILES string of the molecule is CCn1c2c(c3c1=C1c4ccccc4[C](c4c(C)cc(C)cc4C)C1C=C3)C=CC1[C](c3c(C)cc(C)cc3C)c3ccccc3C=21. The topological polar surface area (TPSA) is 4.93 Å². The molecule has 9 rings (SSSR count). The van der Waals surface area contributed by atoms with Gasteiger partial charge in [-0.15, -0.1) is 0 Å². The lowest BCUT2D eigenvalue weighted by Crippen LogP contribution is -2.33. The van der Waals surface area contributed by atoms with Gasteiger partial charge in [0.25, 0.3) is 0 Å². The van der Waals surface area contributed by atoms with Crippen molar-refractivity contribution in [2.24, 2.45) is 11.8 Å². The lowest BCUT2D eigenvalue weighted by atomic mass is 9.77. The van der Waals surface area contributed by atoms with Crippen LogP contribution in [0.25, 0.3) is 23.3 Å². The molecule has 0 saturated carbocycles. The Bertz CT molecular complexity index is 2160. The number of benzene rings is 4. The third kappa shape index (κ3) is 3.83. The van der Waals surface area contributed by atoms with Crippen LogP contribution in [0.5, 0.6) is 0 Å². The first kappa shape index (κ1) is 28.6. The molecule has 0 amide bonds. The van der Waals surface area contributed by atoms with Crippen molar-refractivity contribution in [2.45, 2.75) is 55.0 Å². The third-order valence-corrected chi connectivity index (χ3v) is 11.2. The van der Waals surface area contributed by atoms with Crippen LogP contribution in [0.15, 0.2) is 84.9 Å². The number of rotatable bonds is 3. The van der Waals surface area contributed by atoms with Crippen LogP contribution < -0.4 is 10.7 Å². The average Bonchev–Trinajstić information content (AvgIpc) is 3.66. The summed E-state index contributed by atoms with van der Waals surface area (Å²) in [6, 6.07) is 27.7. The van der Waals surface area contributed by atoms with E-state index in [0.29, 0.717) is 0 Å². The van der Waals surface area contributed by atoms with Crippen molar-refractivity contribution in [2.75, 3.05) is 0 Å². The molecule has 2 unspecified atom stereocenters. The Morgan fingerprint density at radius 1 is 0.511 bits per heavy atom. The summed E-state index contributed by atoms with van der Waals surface area (Å²) >= 11 is 0. The Hall–Kier alpha value is -4.62. The summed E-state index contributed by atoms with van der Waals surface area (Å²) in [5.41, 5.74) is 22.2. The molecule has 1 heteroatoms. The maximum atomic E-state index is 2.67. The lowest BCUT2D eigenvalue weighted by Gasteiger charge is -2.24. The molecule has 1 aromatic heterocycles. The van der Waals surface area contributed by atoms with E-state index >= 15 is 0 Å². The zero-order valence-corrected chi connectivity index (χ0v) is 28.5. The highest BCUT2D eigenvalue weighted by Gasteiger charge is 2.44. The predicted octanol–water partition coefficient (Wildman–Crippen LogP) is 9.01. The van der Waals surface area contributed by atoms with Gasteiger partial charge >= 0.3 is 0 Å². The minimum Gasteiger partial charge on any atom is -0.340 e. The van der Waals surface area contributed by atoms with Crippen molar-refractivity contribution in [1.82, 2.24) is 4.57 Å². The second-order valence-corrected chi connectivity index (χ2v) is 14.2. The Morgan fingerprint density at radius 3 is 1.23 bits per heavy atom. The van der Waals surface area contributed by atoms with E-state index < -0.39 is 0 Å². The molecule has 4 aromatic carbocycles. The Balaban J connectivity index is 1.36. The minimum absolute atomic E-state index is 0.224. The molecule has 0 bridgehead atoms. The first-order valence-electron chi connectivity index (χ1n) is 17.3. The van der Waals surface area contributed by atoms with E-state index in [-0.39, 0.29) is 11.8 Å². The highest BCUT2D eigenvalue weighted by Crippen LogP contribution is 2.53. The highest BCUT2D eigenvalue weighted by molar-refractivity contribution is 5.93. The van der Waals surface area contributed by atoms with Gasteiger partial charge < -0.3 is 4.57 Å². The molecule has 0 fully saturated rings. The number of allylic oxidation sites excluding steroid dienone is 2. The summed E-state index contributed by atoms with van der Waals surface area (Å²) in [6.45, 7) is 16.8. The zero-order chi connectivity index (χ0) is 32.3. The third-order valence-electron chi connectivity index (χ3n) is 11.2. The zero-order valence-electron chi connectivity index (χ0n) is 28.5. The Labute approximate surface area is 279 Å². The molecule has 5 aromatic rings. The van der Waals surface area contributed by atoms with Crippen LogP contribution >= 0.6 is 0 Å². The van der Waals surface area contributed by atoms with Gasteiger partial charge in [0.15, 0.2) is 0 Å². The molecule has 2 radical (unpaired) electrons. The average molecular weight is 608 g/mol. The lowest BCUT2D eigenvalue weighted by molar-refractivity contribution is 0.707. The van der Waals surface area contributed by atoms with Crippen molar-refractivity contribution in [3.8, 4) is 0 Å². The molecular formula is C46H41N. The summed E-state index contributed by atoms with van der Waals surface area (Å²) in [5, 5.41) is 2.81. The van der Waals surface area contributed by atoms with Gasteiger partial charge in [0.1, 0.15) is 0 Å². The largest absolute Gasteiger partial charge is 0.340 e. The monoisotopic (exact) mass is 607 g/mol. The molecule has 4 aliphatic rings. The van der Waals surface area contributed by atoms with E-state index in [4.69, 9.17) is 0 Å². The fourth-order valence-electron chi connectivity index (χ4n) is 9.87. The number of nitrogens with zero attached hydrogens (tertiary/aromatic N) is 1. The van der Waals surface area contributed by atoms with Crippen molar-refractivity contribution < 1.29 is 0 Å². The maximum Gasteiger partial charge on any atom is 0.0536 e. The van der Waals surface area contributed by atoms with Gasteiger partial charge in [-0.2, -0.15) is 0 Å². The molecule has 0 spiro atoms. The molecule has 0 saturated heterocycles. The molecule has 1 nitrogen and oxygen atoms in total. The number of fused-ring (bicyclic) bond motifs is 9. The van der Waals surface area contributed by atoms with E-state index in [1.54, 1.807) is 0 Å². The van der Waals surface area contributed by atoms with Crippen molar-refractivity contribution in [3.63, 3.8) is 0 Å². The number of aromatic nitrogens is 1. The molecule has 1 heterocycles. The highest BCUT2D eigenvalue weighted by atomic mass is 15.0. The van der Waals surface area contributed by atoms with Gasteiger partial charge in [0.05, 0.1) is 10.7 Å². The number of hydrogen-bond donors (Lipinski definition) is 0. The second kappa shape index (κ2) is 10.2. The second-order valence-electron chi connectivity index (χ2n) is 14.2. The quantitative estimate of drug-likeness (QED) is 0.193. The van der Waals surface area contributed by atoms with Gasteiger partial charge in [-0.3, -0.25) is 0 Å². The molecule has 0 N–H and O–H groups in total. The Morgan fingerprint density at radius 2 is 0.872 bits per heavy atom. The van der Waals surface area contributed by atoms with E-state index in [0.717, 1.165) is 6.54 Å². The molecule has 230 valence electrons. The number of aryl methyl sites for hydroxylation is 6. The van der Waals surface area contributed by atoms with E-state index in [1.165, 1.54) is 112 Å². The minimum atomic E-state index is 0.224. The van der Waals surface area contributed by atoms with E-state index in [9.17, 15) is 0 Å². The standard InChI is InChI=1S/C46H41N/c1-8-47-45-35(17-19-37-41(31-13-9-11-15-33(31)43(37)45)39-27(4)21-25(2)22-28(39)5)36-18-20-38-42(40-29(6)23-26(3)24-30(40)7)32-14-10-12-16-34(32)44(38)46(36)47/h9-24,37-38H,8H2,1-7H3. The fraction of sp³-hybridized carbons (Fsp3) is 0.217. The molecule has 2 atom stereocenters. The summed E-state index contributed by atoms with van der Waals surface area (Å²) in [6.07, 6.45) is 9.89. The van der Waals surface area contributed by atoms with Gasteiger partial charge in [0, 0.05) is 41.3 Å². The molecule has 4 aliphatic carbocycles. The normalized spacial score (nSPS) is 19.0. The van der Waals surface area contributed by atoms with Crippen molar-refractivity contribution in [3.05, 3.63) is 185 Å². The van der Waals surface area contributed by atoms with Crippen LogP contribution in [-0.2, 0) is 6.54 Å². The van der Waals surface area contributed by atoms with Gasteiger partial charge in [-0.05, 0) is 115 Å². The van der Waals surface area contributed by atoms with Crippen LogP contribution in [0, 0.1) is 65.2 Å². The van der Waals surface area contributed by atoms with Crippen molar-refractivity contribution in [1.29, 1.82) is 0 Å². The van der Waals surface area contributed by atoms with Crippen LogP contribution in [0.2, 0.25) is 0 Å². The van der Waals surface area contributed by atoms with Crippen LogP contribution in [0.4, 0.5) is 0 Å². The van der Waals surface area contributed by atoms with Gasteiger partial charge in [-0.25, -0.2) is 0 Å². The summed E-state index contributed by atoms with van der Waals surface area (Å²) in [5.74, 6) is 3.37. The van der Waals surface area contributed by atoms with Gasteiger partial charge in [0.2, 0.25) is 0 Å². The molecule has 0 aliphatic heterocycles. The van der Waals surface area contributed by atoms with Crippen LogP contribution in [0.3, 0.4) is 0 Å². The summed E-state index contributed by atoms with van der Waals surface area (Å²) < 4.78 is 2.67. The number of hydrogen-bond acceptors (Lipinski definition) is 0. The smallest absolute Gasteiger partial charge is 0.0536 e. The Kier molecular flexibility index (Phi) is 6.20. The van der Waals surface area contributed by atoms with Crippen LogP contribution in [0.1, 0.15) is 84.8 Å².